The maximum absolute atomic E-state index is 13.3. The van der Waals surface area contributed by atoms with Gasteiger partial charge in [-0.15, -0.1) is 0 Å². The number of hydrogen-bond donors (Lipinski definition) is 1. The highest BCUT2D eigenvalue weighted by molar-refractivity contribution is 7.85. The number of fused-ring (bicyclic) bond motifs is 2. The molecule has 3 heterocycles. The van der Waals surface area contributed by atoms with Gasteiger partial charge in [0.1, 0.15) is 0 Å². The molecule has 0 unspecified atom stereocenters. The smallest absolute Gasteiger partial charge is 0.264 e. The van der Waals surface area contributed by atoms with E-state index >= 15 is 0 Å². The largest absolute Gasteiger partial charge is 0.350 e. The molecule has 0 spiro atoms. The third kappa shape index (κ3) is 4.56. The van der Waals surface area contributed by atoms with Gasteiger partial charge >= 0.3 is 0 Å². The summed E-state index contributed by atoms with van der Waals surface area (Å²) in [6.45, 7) is 0.424. The van der Waals surface area contributed by atoms with Crippen LogP contribution in [0.15, 0.2) is 85.2 Å². The van der Waals surface area contributed by atoms with Gasteiger partial charge in [0.05, 0.1) is 24.0 Å². The molecule has 0 radical (unpaired) electrons. The standard InChI is InChI=1S/C30H25N3O5S/c1-32-16-23(21-10-3-5-12-25(21)32)27-28(30(35)31-29(27)34)24-17-33(26-13-6-4-11-22(24)26)15-19-8-7-9-20(14-19)18-38-39(2,36)37/h3-14,16-17H,15,18H2,1-2H3,(H,31,34,35). The Morgan fingerprint density at radius 2 is 1.36 bits per heavy atom. The van der Waals surface area contributed by atoms with Crippen LogP contribution in [0.3, 0.4) is 0 Å². The fourth-order valence-corrected chi connectivity index (χ4v) is 5.63. The Labute approximate surface area is 225 Å². The van der Waals surface area contributed by atoms with Gasteiger partial charge in [-0.1, -0.05) is 60.7 Å². The summed E-state index contributed by atoms with van der Waals surface area (Å²) in [6.07, 6.45) is 4.82. The molecule has 1 aliphatic heterocycles. The number of hydrogen-bond acceptors (Lipinski definition) is 5. The quantitative estimate of drug-likeness (QED) is 0.247. The van der Waals surface area contributed by atoms with Crippen molar-refractivity contribution in [3.05, 3.63) is 107 Å². The van der Waals surface area contributed by atoms with Gasteiger partial charge in [0, 0.05) is 58.9 Å². The number of carbonyl (C=O) groups is 2. The van der Waals surface area contributed by atoms with E-state index in [1.165, 1.54) is 0 Å². The number of nitrogens with zero attached hydrogens (tertiary/aromatic N) is 2. The number of aryl methyl sites for hydroxylation is 1. The Morgan fingerprint density at radius 3 is 2.05 bits per heavy atom. The van der Waals surface area contributed by atoms with E-state index in [4.69, 9.17) is 4.18 Å². The highest BCUT2D eigenvalue weighted by Gasteiger charge is 2.35. The molecule has 2 amide bonds. The SMILES string of the molecule is Cn1cc(C2=C(c3cn(Cc4cccc(COS(C)(=O)=O)c4)c4ccccc34)C(=O)NC2=O)c2ccccc21. The number of carbonyl (C=O) groups excluding carboxylic acids is 2. The van der Waals surface area contributed by atoms with Crippen molar-refractivity contribution in [2.75, 3.05) is 6.26 Å². The Bertz CT molecular complexity index is 1950. The van der Waals surface area contributed by atoms with Crippen LogP contribution in [0.2, 0.25) is 0 Å². The number of rotatable bonds is 7. The second kappa shape index (κ2) is 9.37. The predicted molar refractivity (Wildman–Crippen MR) is 150 cm³/mol. The lowest BCUT2D eigenvalue weighted by Gasteiger charge is -2.08. The molecule has 5 aromatic rings. The van der Waals surface area contributed by atoms with Gasteiger partial charge in [-0.25, -0.2) is 0 Å². The number of nitrogens with one attached hydrogen (secondary N) is 1. The molecule has 2 aromatic heterocycles. The maximum atomic E-state index is 13.3. The first-order chi connectivity index (χ1) is 18.7. The summed E-state index contributed by atoms with van der Waals surface area (Å²) in [6, 6.07) is 23.1. The molecule has 9 heteroatoms. The highest BCUT2D eigenvalue weighted by atomic mass is 32.2. The van der Waals surface area contributed by atoms with Crippen molar-refractivity contribution in [2.45, 2.75) is 13.2 Å². The van der Waals surface area contributed by atoms with E-state index in [0.29, 0.717) is 28.8 Å². The van der Waals surface area contributed by atoms with Crippen LogP contribution in [0.25, 0.3) is 33.0 Å². The van der Waals surface area contributed by atoms with Crippen molar-refractivity contribution in [2.24, 2.45) is 7.05 Å². The number of benzene rings is 3. The molecular formula is C30H25N3O5S. The summed E-state index contributed by atoms with van der Waals surface area (Å²) >= 11 is 0. The van der Waals surface area contributed by atoms with E-state index in [1.54, 1.807) is 0 Å². The molecule has 0 aliphatic carbocycles. The maximum Gasteiger partial charge on any atom is 0.264 e. The summed E-state index contributed by atoms with van der Waals surface area (Å²) in [7, 11) is -1.64. The van der Waals surface area contributed by atoms with Crippen LogP contribution in [0.1, 0.15) is 22.3 Å². The van der Waals surface area contributed by atoms with E-state index in [2.05, 4.69) is 5.32 Å². The third-order valence-corrected chi connectivity index (χ3v) is 7.49. The molecule has 6 rings (SSSR count). The average Bonchev–Trinajstić information content (AvgIpc) is 3.53. The minimum absolute atomic E-state index is 0.0477. The summed E-state index contributed by atoms with van der Waals surface area (Å²) < 4.78 is 31.8. The van der Waals surface area contributed by atoms with Crippen LogP contribution in [0.5, 0.6) is 0 Å². The second-order valence-corrected chi connectivity index (χ2v) is 11.3. The van der Waals surface area contributed by atoms with Crippen LogP contribution < -0.4 is 5.32 Å². The van der Waals surface area contributed by atoms with E-state index in [1.807, 2.05) is 101 Å². The van der Waals surface area contributed by atoms with E-state index in [-0.39, 0.29) is 6.61 Å². The number of amides is 2. The zero-order chi connectivity index (χ0) is 27.3. The molecule has 8 nitrogen and oxygen atoms in total. The first-order valence-electron chi connectivity index (χ1n) is 12.3. The molecule has 1 aliphatic rings. The number of aromatic nitrogens is 2. The van der Waals surface area contributed by atoms with Crippen molar-refractivity contribution in [3.63, 3.8) is 0 Å². The average molecular weight is 540 g/mol. The fourth-order valence-electron chi connectivity index (χ4n) is 5.28. The van der Waals surface area contributed by atoms with Gasteiger partial charge < -0.3 is 9.13 Å². The predicted octanol–water partition coefficient (Wildman–Crippen LogP) is 4.22. The molecule has 1 N–H and O–H groups in total. The lowest BCUT2D eigenvalue weighted by molar-refractivity contribution is -0.122. The summed E-state index contributed by atoms with van der Waals surface area (Å²) in [5.41, 5.74) is 5.64. The molecule has 0 fully saturated rings. The molecule has 196 valence electrons. The lowest BCUT2D eigenvalue weighted by atomic mass is 9.95. The summed E-state index contributed by atoms with van der Waals surface area (Å²) in [5, 5.41) is 4.26. The van der Waals surface area contributed by atoms with Crippen molar-refractivity contribution in [1.82, 2.24) is 14.5 Å². The molecule has 0 atom stereocenters. The Hall–Kier alpha value is -4.47. The molecule has 0 bridgehead atoms. The van der Waals surface area contributed by atoms with Crippen LogP contribution >= 0.6 is 0 Å². The van der Waals surface area contributed by atoms with Crippen LogP contribution in [-0.2, 0) is 44.1 Å². The van der Waals surface area contributed by atoms with E-state index < -0.39 is 21.9 Å². The van der Waals surface area contributed by atoms with Gasteiger partial charge in [0.25, 0.3) is 21.9 Å². The summed E-state index contributed by atoms with van der Waals surface area (Å²) in [5.74, 6) is -0.840. The highest BCUT2D eigenvalue weighted by Crippen LogP contribution is 2.38. The molecule has 3 aromatic carbocycles. The van der Waals surface area contributed by atoms with Gasteiger partial charge in [-0.05, 0) is 23.3 Å². The Balaban J connectivity index is 1.47. The molecule has 0 saturated carbocycles. The first kappa shape index (κ1) is 24.8. The molecule has 0 saturated heterocycles. The number of para-hydroxylation sites is 2. The van der Waals surface area contributed by atoms with Crippen LogP contribution in [-0.4, -0.2) is 35.6 Å². The first-order valence-corrected chi connectivity index (χ1v) is 14.2. The third-order valence-electron chi connectivity index (χ3n) is 6.94. The van der Waals surface area contributed by atoms with Gasteiger partial charge in [-0.2, -0.15) is 8.42 Å². The van der Waals surface area contributed by atoms with Gasteiger partial charge in [0.2, 0.25) is 0 Å². The lowest BCUT2D eigenvalue weighted by Crippen LogP contribution is -2.22. The van der Waals surface area contributed by atoms with Crippen LogP contribution in [0, 0.1) is 0 Å². The normalized spacial score (nSPS) is 14.1. The fraction of sp³-hybridized carbons (Fsp3) is 0.133. The van der Waals surface area contributed by atoms with Crippen LogP contribution in [0.4, 0.5) is 0 Å². The Kier molecular flexibility index (Phi) is 5.97. The van der Waals surface area contributed by atoms with E-state index in [0.717, 1.165) is 39.2 Å². The zero-order valence-electron chi connectivity index (χ0n) is 21.3. The monoisotopic (exact) mass is 539 g/mol. The van der Waals surface area contributed by atoms with E-state index in [9.17, 15) is 18.0 Å². The minimum Gasteiger partial charge on any atom is -0.350 e. The topological polar surface area (TPSA) is 99.4 Å². The molecular weight excluding hydrogens is 514 g/mol. The molecule has 39 heavy (non-hydrogen) atoms. The second-order valence-electron chi connectivity index (χ2n) is 9.68. The Morgan fingerprint density at radius 1 is 0.769 bits per heavy atom. The van der Waals surface area contributed by atoms with Crippen molar-refractivity contribution in [3.8, 4) is 0 Å². The summed E-state index contributed by atoms with van der Waals surface area (Å²) in [4.78, 5) is 26.4. The van der Waals surface area contributed by atoms with Crippen molar-refractivity contribution in [1.29, 1.82) is 0 Å². The van der Waals surface area contributed by atoms with Gasteiger partial charge in [0.15, 0.2) is 0 Å². The minimum atomic E-state index is -3.56. The van der Waals surface area contributed by atoms with Crippen molar-refractivity contribution >= 4 is 54.9 Å². The zero-order valence-corrected chi connectivity index (χ0v) is 22.2. The van der Waals surface area contributed by atoms with Gasteiger partial charge in [-0.3, -0.25) is 19.1 Å². The number of imide groups is 1. The van der Waals surface area contributed by atoms with Crippen molar-refractivity contribution < 1.29 is 22.2 Å².